The SMILES string of the molecule is COCCN(c1ccc(Cl)c(CN)n1)C1CC1. The summed E-state index contributed by atoms with van der Waals surface area (Å²) in [6, 6.07) is 4.42. The van der Waals surface area contributed by atoms with Gasteiger partial charge in [0.15, 0.2) is 0 Å². The number of rotatable bonds is 6. The summed E-state index contributed by atoms with van der Waals surface area (Å²) in [7, 11) is 1.71. The van der Waals surface area contributed by atoms with Gasteiger partial charge in [0.2, 0.25) is 0 Å². The van der Waals surface area contributed by atoms with Crippen LogP contribution in [0.5, 0.6) is 0 Å². The van der Waals surface area contributed by atoms with E-state index in [4.69, 9.17) is 22.1 Å². The molecular formula is C12H18ClN3O. The van der Waals surface area contributed by atoms with E-state index in [1.807, 2.05) is 12.1 Å². The molecule has 2 N–H and O–H groups in total. The molecule has 0 atom stereocenters. The first-order chi connectivity index (χ1) is 8.26. The molecule has 0 unspecified atom stereocenters. The van der Waals surface area contributed by atoms with Crippen LogP contribution in [0.4, 0.5) is 5.82 Å². The number of hydrogen-bond acceptors (Lipinski definition) is 4. The van der Waals surface area contributed by atoms with E-state index in [2.05, 4.69) is 9.88 Å². The van der Waals surface area contributed by atoms with Crippen LogP contribution in [0.1, 0.15) is 18.5 Å². The highest BCUT2D eigenvalue weighted by Gasteiger charge is 2.29. The van der Waals surface area contributed by atoms with Crippen molar-refractivity contribution in [3.63, 3.8) is 0 Å². The minimum absolute atomic E-state index is 0.370. The van der Waals surface area contributed by atoms with Gasteiger partial charge in [0, 0.05) is 26.2 Å². The second-order valence-electron chi connectivity index (χ2n) is 4.22. The van der Waals surface area contributed by atoms with E-state index in [-0.39, 0.29) is 0 Å². The lowest BCUT2D eigenvalue weighted by molar-refractivity contribution is 0.204. The first-order valence-electron chi connectivity index (χ1n) is 5.87. The molecule has 4 nitrogen and oxygen atoms in total. The summed E-state index contributed by atoms with van der Waals surface area (Å²) in [6.45, 7) is 1.94. The highest BCUT2D eigenvalue weighted by Crippen LogP contribution is 2.31. The molecule has 1 fully saturated rings. The van der Waals surface area contributed by atoms with E-state index in [0.29, 0.717) is 24.2 Å². The molecule has 1 saturated carbocycles. The van der Waals surface area contributed by atoms with E-state index >= 15 is 0 Å². The molecule has 1 aromatic heterocycles. The smallest absolute Gasteiger partial charge is 0.129 e. The third-order valence-corrected chi connectivity index (χ3v) is 3.26. The molecule has 1 aliphatic carbocycles. The third kappa shape index (κ3) is 3.09. The zero-order valence-corrected chi connectivity index (χ0v) is 10.8. The standard InChI is InChI=1S/C12H18ClN3O/c1-17-7-6-16(9-2-3-9)12-5-4-10(13)11(8-14)15-12/h4-5,9H,2-3,6-8,14H2,1H3. The number of ether oxygens (including phenoxy) is 1. The number of pyridine rings is 1. The fourth-order valence-corrected chi connectivity index (χ4v) is 2.02. The molecule has 17 heavy (non-hydrogen) atoms. The summed E-state index contributed by atoms with van der Waals surface area (Å²) in [5, 5.41) is 0.638. The van der Waals surface area contributed by atoms with Gasteiger partial charge in [-0.3, -0.25) is 0 Å². The zero-order chi connectivity index (χ0) is 12.3. The van der Waals surface area contributed by atoms with Gasteiger partial charge in [-0.25, -0.2) is 4.98 Å². The van der Waals surface area contributed by atoms with E-state index in [0.717, 1.165) is 18.1 Å². The number of nitrogens with zero attached hydrogens (tertiary/aromatic N) is 2. The molecule has 0 bridgehead atoms. The van der Waals surface area contributed by atoms with E-state index in [9.17, 15) is 0 Å². The number of methoxy groups -OCH3 is 1. The summed E-state index contributed by atoms with van der Waals surface area (Å²) in [5.41, 5.74) is 6.38. The van der Waals surface area contributed by atoms with Crippen LogP contribution in [0.3, 0.4) is 0 Å². The Morgan fingerprint density at radius 2 is 2.29 bits per heavy atom. The molecule has 1 heterocycles. The molecule has 1 aliphatic rings. The van der Waals surface area contributed by atoms with Crippen LogP contribution < -0.4 is 10.6 Å². The first kappa shape index (κ1) is 12.6. The van der Waals surface area contributed by atoms with Crippen molar-refractivity contribution in [3.8, 4) is 0 Å². The Morgan fingerprint density at radius 3 is 2.88 bits per heavy atom. The van der Waals surface area contributed by atoms with E-state index in [1.165, 1.54) is 12.8 Å². The highest BCUT2D eigenvalue weighted by atomic mass is 35.5. The molecule has 5 heteroatoms. The van der Waals surface area contributed by atoms with Gasteiger partial charge in [0.05, 0.1) is 17.3 Å². The maximum atomic E-state index is 6.01. The monoisotopic (exact) mass is 255 g/mol. The summed E-state index contributed by atoms with van der Waals surface area (Å²) in [5.74, 6) is 0.953. The fourth-order valence-electron chi connectivity index (χ4n) is 1.84. The van der Waals surface area contributed by atoms with Crippen LogP contribution in [0, 0.1) is 0 Å². The molecule has 0 aromatic carbocycles. The Kier molecular flexibility index (Phi) is 4.20. The van der Waals surface area contributed by atoms with Gasteiger partial charge in [0.1, 0.15) is 5.82 Å². The lowest BCUT2D eigenvalue weighted by Crippen LogP contribution is -2.30. The van der Waals surface area contributed by atoms with Crippen molar-refractivity contribution in [3.05, 3.63) is 22.8 Å². The average Bonchev–Trinajstić information content (AvgIpc) is 3.16. The third-order valence-electron chi connectivity index (χ3n) is 2.92. The number of hydrogen-bond donors (Lipinski definition) is 1. The minimum atomic E-state index is 0.370. The fraction of sp³-hybridized carbons (Fsp3) is 0.583. The summed E-state index contributed by atoms with van der Waals surface area (Å²) in [4.78, 5) is 6.80. The molecule has 0 saturated heterocycles. The number of halogens is 1. The lowest BCUT2D eigenvalue weighted by Gasteiger charge is -2.23. The predicted molar refractivity (Wildman–Crippen MR) is 69.4 cm³/mol. The van der Waals surface area contributed by atoms with Crippen LogP contribution in [0.15, 0.2) is 12.1 Å². The molecular weight excluding hydrogens is 238 g/mol. The van der Waals surface area contributed by atoms with Crippen molar-refractivity contribution in [2.24, 2.45) is 5.73 Å². The van der Waals surface area contributed by atoms with Gasteiger partial charge in [-0.1, -0.05) is 11.6 Å². The molecule has 0 aliphatic heterocycles. The molecule has 2 rings (SSSR count). The van der Waals surface area contributed by atoms with Crippen LogP contribution in [-0.2, 0) is 11.3 Å². The molecule has 0 amide bonds. The lowest BCUT2D eigenvalue weighted by atomic mass is 10.3. The second-order valence-corrected chi connectivity index (χ2v) is 4.63. The largest absolute Gasteiger partial charge is 0.383 e. The van der Waals surface area contributed by atoms with Gasteiger partial charge >= 0.3 is 0 Å². The normalized spacial score (nSPS) is 15.0. The maximum Gasteiger partial charge on any atom is 0.129 e. The predicted octanol–water partition coefficient (Wildman–Crippen LogP) is 1.81. The number of nitrogens with two attached hydrogens (primary N) is 1. The first-order valence-corrected chi connectivity index (χ1v) is 6.25. The van der Waals surface area contributed by atoms with Gasteiger partial charge in [-0.15, -0.1) is 0 Å². The molecule has 94 valence electrons. The van der Waals surface area contributed by atoms with Crippen LogP contribution in [0.2, 0.25) is 5.02 Å². The topological polar surface area (TPSA) is 51.4 Å². The Labute approximate surface area is 107 Å². The van der Waals surface area contributed by atoms with Crippen LogP contribution >= 0.6 is 11.6 Å². The molecule has 1 aromatic rings. The van der Waals surface area contributed by atoms with Crippen molar-refractivity contribution >= 4 is 17.4 Å². The Morgan fingerprint density at radius 1 is 1.53 bits per heavy atom. The van der Waals surface area contributed by atoms with Crippen molar-refractivity contribution < 1.29 is 4.74 Å². The number of aromatic nitrogens is 1. The molecule has 0 radical (unpaired) electrons. The molecule has 0 spiro atoms. The van der Waals surface area contributed by atoms with Gasteiger partial charge in [0.25, 0.3) is 0 Å². The summed E-state index contributed by atoms with van der Waals surface area (Å²) >= 11 is 6.01. The Bertz CT molecular complexity index is 382. The minimum Gasteiger partial charge on any atom is -0.383 e. The van der Waals surface area contributed by atoms with Gasteiger partial charge in [-0.05, 0) is 25.0 Å². The van der Waals surface area contributed by atoms with Gasteiger partial charge in [-0.2, -0.15) is 0 Å². The Hall–Kier alpha value is -0.840. The Balaban J connectivity index is 2.16. The zero-order valence-electron chi connectivity index (χ0n) is 10.0. The van der Waals surface area contributed by atoms with Crippen molar-refractivity contribution in [1.82, 2.24) is 4.98 Å². The highest BCUT2D eigenvalue weighted by molar-refractivity contribution is 6.31. The maximum absolute atomic E-state index is 6.01. The van der Waals surface area contributed by atoms with E-state index < -0.39 is 0 Å². The van der Waals surface area contributed by atoms with Crippen molar-refractivity contribution in [1.29, 1.82) is 0 Å². The van der Waals surface area contributed by atoms with Crippen molar-refractivity contribution in [2.45, 2.75) is 25.4 Å². The van der Waals surface area contributed by atoms with Crippen molar-refractivity contribution in [2.75, 3.05) is 25.2 Å². The summed E-state index contributed by atoms with van der Waals surface area (Å²) < 4.78 is 5.13. The average molecular weight is 256 g/mol. The van der Waals surface area contributed by atoms with Gasteiger partial charge < -0.3 is 15.4 Å². The summed E-state index contributed by atoms with van der Waals surface area (Å²) in [6.07, 6.45) is 2.46. The van der Waals surface area contributed by atoms with Crippen LogP contribution in [-0.4, -0.2) is 31.3 Å². The second kappa shape index (κ2) is 5.67. The van der Waals surface area contributed by atoms with Crippen LogP contribution in [0.25, 0.3) is 0 Å². The van der Waals surface area contributed by atoms with E-state index in [1.54, 1.807) is 7.11 Å². The number of anilines is 1. The quantitative estimate of drug-likeness (QED) is 0.842.